The minimum atomic E-state index is 0.193. The highest BCUT2D eigenvalue weighted by Gasteiger charge is 2.25. The zero-order valence-electron chi connectivity index (χ0n) is 8.69. The molecule has 1 aromatic heterocycles. The van der Waals surface area contributed by atoms with E-state index in [0.29, 0.717) is 5.89 Å². The molecule has 1 heterocycles. The molecule has 3 rings (SSSR count). The summed E-state index contributed by atoms with van der Waals surface area (Å²) in [6.45, 7) is 0. The first-order valence-electron chi connectivity index (χ1n) is 5.41. The van der Waals surface area contributed by atoms with E-state index in [1.807, 2.05) is 0 Å². The minimum absolute atomic E-state index is 0.193. The van der Waals surface area contributed by atoms with E-state index >= 15 is 0 Å². The van der Waals surface area contributed by atoms with Gasteiger partial charge in [0.05, 0.1) is 5.92 Å². The van der Waals surface area contributed by atoms with Crippen LogP contribution in [-0.4, -0.2) is 10.1 Å². The molecular weight excluding hydrogens is 224 g/mol. The number of fused-ring (bicyclic) bond motifs is 1. The van der Waals surface area contributed by atoms with Crippen LogP contribution in [0.15, 0.2) is 28.8 Å². The maximum absolute atomic E-state index is 5.69. The van der Waals surface area contributed by atoms with E-state index in [1.165, 1.54) is 11.1 Å². The molecule has 0 radical (unpaired) electrons. The van der Waals surface area contributed by atoms with E-state index in [9.17, 15) is 0 Å². The van der Waals surface area contributed by atoms with Crippen molar-refractivity contribution in [2.45, 2.75) is 25.2 Å². The zero-order chi connectivity index (χ0) is 11.0. The van der Waals surface area contributed by atoms with Crippen molar-refractivity contribution in [3.63, 3.8) is 0 Å². The van der Waals surface area contributed by atoms with E-state index in [2.05, 4.69) is 34.4 Å². The number of rotatable bonds is 1. The molecule has 0 saturated carbocycles. The van der Waals surface area contributed by atoms with Gasteiger partial charge in [-0.2, -0.15) is 4.98 Å². The molecule has 1 aromatic carbocycles. The van der Waals surface area contributed by atoms with Gasteiger partial charge in [0.25, 0.3) is 5.28 Å². The van der Waals surface area contributed by atoms with Crippen LogP contribution in [0, 0.1) is 0 Å². The second-order valence-electron chi connectivity index (χ2n) is 4.05. The number of halogens is 1. The summed E-state index contributed by atoms with van der Waals surface area (Å²) in [4.78, 5) is 4.12. The molecule has 0 bridgehead atoms. The molecule has 1 aliphatic rings. The van der Waals surface area contributed by atoms with Gasteiger partial charge in [-0.3, -0.25) is 0 Å². The van der Waals surface area contributed by atoms with Crippen LogP contribution >= 0.6 is 11.6 Å². The Morgan fingerprint density at radius 1 is 1.31 bits per heavy atom. The second kappa shape index (κ2) is 3.91. The fourth-order valence-electron chi connectivity index (χ4n) is 2.37. The van der Waals surface area contributed by atoms with Crippen molar-refractivity contribution in [2.75, 3.05) is 0 Å². The monoisotopic (exact) mass is 234 g/mol. The Morgan fingerprint density at radius 3 is 3.00 bits per heavy atom. The summed E-state index contributed by atoms with van der Waals surface area (Å²) in [6.07, 6.45) is 3.34. The highest BCUT2D eigenvalue weighted by molar-refractivity contribution is 6.28. The molecule has 0 spiro atoms. The summed E-state index contributed by atoms with van der Waals surface area (Å²) >= 11 is 5.69. The standard InChI is InChI=1S/C12H11ClN2O/c13-12-14-11(16-15-12)10-7-3-5-8-4-1-2-6-9(8)10/h1-2,4,6,10H,3,5,7H2. The van der Waals surface area contributed by atoms with Crippen LogP contribution in [0.5, 0.6) is 0 Å². The predicted octanol–water partition coefficient (Wildman–Crippen LogP) is 3.19. The lowest BCUT2D eigenvalue weighted by atomic mass is 9.83. The lowest BCUT2D eigenvalue weighted by Gasteiger charge is -2.22. The average Bonchev–Trinajstić information content (AvgIpc) is 2.75. The van der Waals surface area contributed by atoms with E-state index in [-0.39, 0.29) is 11.2 Å². The number of hydrogen-bond donors (Lipinski definition) is 0. The Labute approximate surface area is 98.4 Å². The summed E-state index contributed by atoms with van der Waals surface area (Å²) in [5.41, 5.74) is 2.68. The predicted molar refractivity (Wildman–Crippen MR) is 60.5 cm³/mol. The van der Waals surface area contributed by atoms with Crippen LogP contribution in [0.4, 0.5) is 0 Å². The molecule has 82 valence electrons. The van der Waals surface area contributed by atoms with Gasteiger partial charge >= 0.3 is 0 Å². The fourth-order valence-corrected chi connectivity index (χ4v) is 2.49. The first kappa shape index (κ1) is 9.85. The molecule has 4 heteroatoms. The summed E-state index contributed by atoms with van der Waals surface area (Å²) < 4.78 is 5.17. The third kappa shape index (κ3) is 1.61. The van der Waals surface area contributed by atoms with Crippen LogP contribution in [0.2, 0.25) is 5.28 Å². The molecule has 1 aliphatic carbocycles. The first-order valence-corrected chi connectivity index (χ1v) is 5.79. The number of nitrogens with zero attached hydrogens (tertiary/aromatic N) is 2. The van der Waals surface area contributed by atoms with Crippen molar-refractivity contribution in [1.29, 1.82) is 0 Å². The van der Waals surface area contributed by atoms with Gasteiger partial charge in [-0.25, -0.2) is 0 Å². The molecule has 1 atom stereocenters. The van der Waals surface area contributed by atoms with Gasteiger partial charge in [0.1, 0.15) is 0 Å². The minimum Gasteiger partial charge on any atom is -0.337 e. The number of benzene rings is 1. The molecule has 0 fully saturated rings. The Morgan fingerprint density at radius 2 is 2.19 bits per heavy atom. The summed E-state index contributed by atoms with van der Waals surface area (Å²) in [5, 5.41) is 3.84. The average molecular weight is 235 g/mol. The largest absolute Gasteiger partial charge is 0.337 e. The van der Waals surface area contributed by atoms with Gasteiger partial charge in [0, 0.05) is 0 Å². The number of hydrogen-bond acceptors (Lipinski definition) is 3. The van der Waals surface area contributed by atoms with E-state index in [4.69, 9.17) is 16.1 Å². The Hall–Kier alpha value is -1.35. The van der Waals surface area contributed by atoms with Crippen molar-refractivity contribution in [3.8, 4) is 0 Å². The molecule has 0 saturated heterocycles. The molecule has 1 unspecified atom stereocenters. The third-order valence-electron chi connectivity index (χ3n) is 3.08. The smallest absolute Gasteiger partial charge is 0.263 e. The molecule has 0 N–H and O–H groups in total. The van der Waals surface area contributed by atoms with Gasteiger partial charge in [-0.15, -0.1) is 0 Å². The van der Waals surface area contributed by atoms with Crippen molar-refractivity contribution < 1.29 is 4.52 Å². The van der Waals surface area contributed by atoms with Crippen molar-refractivity contribution >= 4 is 11.6 Å². The second-order valence-corrected chi connectivity index (χ2v) is 4.38. The normalized spacial score (nSPS) is 19.4. The lowest BCUT2D eigenvalue weighted by molar-refractivity contribution is 0.353. The SMILES string of the molecule is Clc1noc(C2CCCc3ccccc32)n1. The van der Waals surface area contributed by atoms with Crippen LogP contribution in [0.25, 0.3) is 0 Å². The van der Waals surface area contributed by atoms with Crippen molar-refractivity contribution in [3.05, 3.63) is 46.6 Å². The van der Waals surface area contributed by atoms with E-state index < -0.39 is 0 Å². The van der Waals surface area contributed by atoms with Gasteiger partial charge in [0.2, 0.25) is 5.89 Å². The molecule has 16 heavy (non-hydrogen) atoms. The maximum Gasteiger partial charge on any atom is 0.263 e. The molecular formula is C12H11ClN2O. The Kier molecular flexibility index (Phi) is 2.40. The van der Waals surface area contributed by atoms with E-state index in [0.717, 1.165) is 19.3 Å². The topological polar surface area (TPSA) is 38.9 Å². The Balaban J connectivity index is 2.04. The lowest BCUT2D eigenvalue weighted by Crippen LogP contribution is -2.11. The van der Waals surface area contributed by atoms with Crippen LogP contribution < -0.4 is 0 Å². The molecule has 3 nitrogen and oxygen atoms in total. The highest BCUT2D eigenvalue weighted by atomic mass is 35.5. The van der Waals surface area contributed by atoms with Crippen molar-refractivity contribution in [2.24, 2.45) is 0 Å². The zero-order valence-corrected chi connectivity index (χ0v) is 9.44. The van der Waals surface area contributed by atoms with Crippen LogP contribution in [0.1, 0.15) is 35.8 Å². The number of aryl methyl sites for hydroxylation is 1. The number of aromatic nitrogens is 2. The van der Waals surface area contributed by atoms with Gasteiger partial charge in [0.15, 0.2) is 0 Å². The third-order valence-corrected chi connectivity index (χ3v) is 3.24. The van der Waals surface area contributed by atoms with Crippen LogP contribution in [0.3, 0.4) is 0 Å². The van der Waals surface area contributed by atoms with E-state index in [1.54, 1.807) is 0 Å². The summed E-state index contributed by atoms with van der Waals surface area (Å²) in [6, 6.07) is 8.42. The maximum atomic E-state index is 5.69. The first-order chi connectivity index (χ1) is 7.84. The van der Waals surface area contributed by atoms with Gasteiger partial charge < -0.3 is 4.52 Å². The highest BCUT2D eigenvalue weighted by Crippen LogP contribution is 2.35. The van der Waals surface area contributed by atoms with Gasteiger partial charge in [-0.05, 0) is 47.1 Å². The fraction of sp³-hybridized carbons (Fsp3) is 0.333. The molecule has 0 amide bonds. The summed E-state index contributed by atoms with van der Waals surface area (Å²) in [5.74, 6) is 0.849. The van der Waals surface area contributed by atoms with Crippen LogP contribution in [-0.2, 0) is 6.42 Å². The Bertz CT molecular complexity index is 509. The summed E-state index contributed by atoms with van der Waals surface area (Å²) in [7, 11) is 0. The molecule has 2 aromatic rings. The van der Waals surface area contributed by atoms with Crippen molar-refractivity contribution in [1.82, 2.24) is 10.1 Å². The quantitative estimate of drug-likeness (QED) is 0.761. The van der Waals surface area contributed by atoms with Gasteiger partial charge in [-0.1, -0.05) is 24.3 Å². The molecule has 0 aliphatic heterocycles.